The molecule has 136 valence electrons. The molecule has 2 atom stereocenters. The number of carbonyl (C=O) groups excluding carboxylic acids is 1. The van der Waals surface area contributed by atoms with Crippen molar-refractivity contribution in [2.45, 2.75) is 38.5 Å². The van der Waals surface area contributed by atoms with Gasteiger partial charge in [0, 0.05) is 11.5 Å². The second-order valence-electron chi connectivity index (χ2n) is 5.59. The SMILES string of the molecule is CCOC(=O)C(O)(C(c1cc(F)ccc1OC)C(C)C)C(F)(F)F. The van der Waals surface area contributed by atoms with Gasteiger partial charge in [-0.2, -0.15) is 13.2 Å². The molecular weight excluding hydrogens is 332 g/mol. The third-order valence-electron chi connectivity index (χ3n) is 3.66. The predicted molar refractivity (Wildman–Crippen MR) is 78.2 cm³/mol. The summed E-state index contributed by atoms with van der Waals surface area (Å²) in [7, 11) is 1.20. The smallest absolute Gasteiger partial charge is 0.428 e. The van der Waals surface area contributed by atoms with Gasteiger partial charge in [0.2, 0.25) is 0 Å². The Hall–Kier alpha value is -1.83. The summed E-state index contributed by atoms with van der Waals surface area (Å²) in [5, 5.41) is 10.4. The van der Waals surface area contributed by atoms with Crippen LogP contribution in [0.5, 0.6) is 5.75 Å². The molecule has 1 aromatic carbocycles. The first-order valence-electron chi connectivity index (χ1n) is 7.30. The standard InChI is InChI=1S/C16H20F4O4/c1-5-24-14(21)15(22,16(18,19)20)13(9(2)3)11-8-10(17)6-7-12(11)23-4/h6-9,13,22H,5H2,1-4H3. The number of esters is 1. The summed E-state index contributed by atoms with van der Waals surface area (Å²) in [6, 6.07) is 2.97. The number of benzene rings is 1. The highest BCUT2D eigenvalue weighted by Crippen LogP contribution is 2.48. The zero-order valence-corrected chi connectivity index (χ0v) is 13.8. The maximum absolute atomic E-state index is 13.6. The van der Waals surface area contributed by atoms with Crippen LogP contribution in [-0.2, 0) is 9.53 Å². The third kappa shape index (κ3) is 3.63. The Balaban J connectivity index is 3.66. The number of halogens is 4. The number of ether oxygens (including phenoxy) is 2. The van der Waals surface area contributed by atoms with Gasteiger partial charge in [0.1, 0.15) is 11.6 Å². The van der Waals surface area contributed by atoms with Crippen LogP contribution in [-0.4, -0.2) is 36.6 Å². The first-order valence-corrected chi connectivity index (χ1v) is 7.30. The molecule has 0 saturated carbocycles. The van der Waals surface area contributed by atoms with Crippen LogP contribution in [0, 0.1) is 11.7 Å². The fourth-order valence-corrected chi connectivity index (χ4v) is 2.67. The van der Waals surface area contributed by atoms with Gasteiger partial charge in [0.25, 0.3) is 5.60 Å². The zero-order valence-electron chi connectivity index (χ0n) is 13.8. The van der Waals surface area contributed by atoms with Crippen LogP contribution in [0.3, 0.4) is 0 Å². The number of carbonyl (C=O) groups is 1. The van der Waals surface area contributed by atoms with Crippen molar-refractivity contribution in [2.24, 2.45) is 5.92 Å². The van der Waals surface area contributed by atoms with Gasteiger partial charge in [0.15, 0.2) is 0 Å². The first-order chi connectivity index (χ1) is 11.0. The van der Waals surface area contributed by atoms with Crippen LogP contribution in [0.1, 0.15) is 32.3 Å². The van der Waals surface area contributed by atoms with Gasteiger partial charge in [-0.05, 0) is 31.0 Å². The Bertz CT molecular complexity index is 586. The van der Waals surface area contributed by atoms with E-state index in [0.29, 0.717) is 0 Å². The van der Waals surface area contributed by atoms with E-state index in [-0.39, 0.29) is 17.9 Å². The Morgan fingerprint density at radius 1 is 1.29 bits per heavy atom. The summed E-state index contributed by atoms with van der Waals surface area (Å²) in [6.07, 6.45) is -5.33. The second kappa shape index (κ2) is 7.38. The average Bonchev–Trinajstić information content (AvgIpc) is 2.46. The molecule has 1 N–H and O–H groups in total. The number of alkyl halides is 3. The fourth-order valence-electron chi connectivity index (χ4n) is 2.67. The molecule has 24 heavy (non-hydrogen) atoms. The van der Waals surface area contributed by atoms with Crippen LogP contribution in [0.25, 0.3) is 0 Å². The van der Waals surface area contributed by atoms with Crippen molar-refractivity contribution in [1.82, 2.24) is 0 Å². The highest BCUT2D eigenvalue weighted by molar-refractivity contribution is 5.82. The lowest BCUT2D eigenvalue weighted by molar-refractivity contribution is -0.273. The molecule has 0 fully saturated rings. The van der Waals surface area contributed by atoms with Crippen LogP contribution < -0.4 is 4.74 Å². The number of methoxy groups -OCH3 is 1. The van der Waals surface area contributed by atoms with Crippen molar-refractivity contribution in [3.8, 4) is 5.75 Å². The summed E-state index contributed by atoms with van der Waals surface area (Å²) in [5.74, 6) is -5.41. The fraction of sp³-hybridized carbons (Fsp3) is 0.562. The van der Waals surface area contributed by atoms with E-state index in [1.165, 1.54) is 27.9 Å². The van der Waals surface area contributed by atoms with Gasteiger partial charge in [-0.3, -0.25) is 0 Å². The Morgan fingerprint density at radius 2 is 1.88 bits per heavy atom. The molecule has 0 saturated heterocycles. The molecule has 1 aromatic rings. The lowest BCUT2D eigenvalue weighted by Gasteiger charge is -2.38. The molecule has 1 rings (SSSR count). The van der Waals surface area contributed by atoms with Gasteiger partial charge in [0.05, 0.1) is 13.7 Å². The summed E-state index contributed by atoms with van der Waals surface area (Å²) in [4.78, 5) is 12.0. The first kappa shape index (κ1) is 20.2. The van der Waals surface area contributed by atoms with Crippen LogP contribution in [0.4, 0.5) is 17.6 Å². The van der Waals surface area contributed by atoms with E-state index in [9.17, 15) is 27.5 Å². The highest BCUT2D eigenvalue weighted by atomic mass is 19.4. The normalized spacial score (nSPS) is 15.8. The molecule has 2 unspecified atom stereocenters. The van der Waals surface area contributed by atoms with Crippen molar-refractivity contribution in [1.29, 1.82) is 0 Å². The molecule has 8 heteroatoms. The minimum absolute atomic E-state index is 0.0675. The maximum atomic E-state index is 13.6. The van der Waals surface area contributed by atoms with Gasteiger partial charge in [-0.25, -0.2) is 9.18 Å². The largest absolute Gasteiger partial charge is 0.496 e. The van der Waals surface area contributed by atoms with Crippen LogP contribution >= 0.6 is 0 Å². The molecule has 0 aliphatic rings. The molecule has 0 heterocycles. The molecular formula is C16H20F4O4. The molecule has 4 nitrogen and oxygen atoms in total. The van der Waals surface area contributed by atoms with Crippen LogP contribution in [0.15, 0.2) is 18.2 Å². The summed E-state index contributed by atoms with van der Waals surface area (Å²) >= 11 is 0. The lowest BCUT2D eigenvalue weighted by Crippen LogP contribution is -2.58. The van der Waals surface area contributed by atoms with E-state index < -0.39 is 35.4 Å². The highest BCUT2D eigenvalue weighted by Gasteiger charge is 2.66. The van der Waals surface area contributed by atoms with E-state index in [1.54, 1.807) is 0 Å². The van der Waals surface area contributed by atoms with Crippen molar-refractivity contribution in [2.75, 3.05) is 13.7 Å². The van der Waals surface area contributed by atoms with E-state index in [4.69, 9.17) is 4.74 Å². The Morgan fingerprint density at radius 3 is 2.29 bits per heavy atom. The summed E-state index contributed by atoms with van der Waals surface area (Å²) in [5.41, 5.74) is -4.10. The monoisotopic (exact) mass is 352 g/mol. The topological polar surface area (TPSA) is 55.8 Å². The van der Waals surface area contributed by atoms with Crippen molar-refractivity contribution in [3.05, 3.63) is 29.6 Å². The number of hydrogen-bond donors (Lipinski definition) is 1. The lowest BCUT2D eigenvalue weighted by atomic mass is 9.74. The molecule has 0 aromatic heterocycles. The van der Waals surface area contributed by atoms with E-state index in [2.05, 4.69) is 4.74 Å². The second-order valence-corrected chi connectivity index (χ2v) is 5.59. The minimum Gasteiger partial charge on any atom is -0.496 e. The zero-order chi connectivity index (χ0) is 18.7. The summed E-state index contributed by atoms with van der Waals surface area (Å²) in [6.45, 7) is 3.74. The predicted octanol–water partition coefficient (Wildman–Crippen LogP) is 3.43. The Labute approximate surface area is 137 Å². The van der Waals surface area contributed by atoms with E-state index in [0.717, 1.165) is 18.2 Å². The van der Waals surface area contributed by atoms with Crippen molar-refractivity contribution >= 4 is 5.97 Å². The molecule has 0 spiro atoms. The Kier molecular flexibility index (Phi) is 6.21. The quantitative estimate of drug-likeness (QED) is 0.630. The molecule has 0 aliphatic heterocycles. The van der Waals surface area contributed by atoms with Gasteiger partial charge >= 0.3 is 12.1 Å². The van der Waals surface area contributed by atoms with E-state index >= 15 is 0 Å². The van der Waals surface area contributed by atoms with Crippen molar-refractivity contribution in [3.63, 3.8) is 0 Å². The van der Waals surface area contributed by atoms with Crippen molar-refractivity contribution < 1.29 is 36.9 Å². The molecule has 0 bridgehead atoms. The van der Waals surface area contributed by atoms with Crippen LogP contribution in [0.2, 0.25) is 0 Å². The maximum Gasteiger partial charge on any atom is 0.428 e. The molecule has 0 radical (unpaired) electrons. The number of hydrogen-bond acceptors (Lipinski definition) is 4. The number of aliphatic hydroxyl groups is 1. The van der Waals surface area contributed by atoms with E-state index in [1.807, 2.05) is 0 Å². The molecule has 0 aliphatic carbocycles. The molecule has 0 amide bonds. The summed E-state index contributed by atoms with van der Waals surface area (Å²) < 4.78 is 63.9. The third-order valence-corrected chi connectivity index (χ3v) is 3.66. The van der Waals surface area contributed by atoms with Gasteiger partial charge in [-0.15, -0.1) is 0 Å². The average molecular weight is 352 g/mol. The van der Waals surface area contributed by atoms with Gasteiger partial charge in [-0.1, -0.05) is 13.8 Å². The number of rotatable bonds is 6. The minimum atomic E-state index is -5.33. The van der Waals surface area contributed by atoms with Gasteiger partial charge < -0.3 is 14.6 Å².